The minimum Gasteiger partial charge on any atom is -0.495 e. The summed E-state index contributed by atoms with van der Waals surface area (Å²) in [4.78, 5) is 14.1. The lowest BCUT2D eigenvalue weighted by molar-refractivity contribution is -0.113. The van der Waals surface area contributed by atoms with Crippen molar-refractivity contribution < 1.29 is 14.3 Å². The van der Waals surface area contributed by atoms with E-state index in [0.29, 0.717) is 22.2 Å². The summed E-state index contributed by atoms with van der Waals surface area (Å²) in [5.74, 6) is 1.82. The number of thiophene rings is 1. The average Bonchev–Trinajstić information content (AvgIpc) is 3.41. The average molecular weight is 493 g/mol. The number of carbonyl (C=O) groups excluding carboxylic acids is 1. The first-order valence-corrected chi connectivity index (χ1v) is 12.7. The molecule has 0 bridgehead atoms. The van der Waals surface area contributed by atoms with Crippen LogP contribution in [0.3, 0.4) is 0 Å². The minimum atomic E-state index is -0.183. The van der Waals surface area contributed by atoms with Crippen LogP contribution < -0.4 is 14.8 Å². The number of benzene rings is 1. The molecule has 0 saturated heterocycles. The second kappa shape index (κ2) is 10.1. The molecule has 0 unspecified atom stereocenters. The monoisotopic (exact) mass is 492 g/mol. The molecule has 170 valence electrons. The van der Waals surface area contributed by atoms with Crippen molar-refractivity contribution in [2.45, 2.75) is 44.3 Å². The van der Waals surface area contributed by atoms with E-state index in [4.69, 9.17) is 21.1 Å². The summed E-state index contributed by atoms with van der Waals surface area (Å²) in [6.45, 7) is 2.81. The highest BCUT2D eigenvalue weighted by Gasteiger charge is 2.22. The highest BCUT2D eigenvalue weighted by atomic mass is 35.5. The van der Waals surface area contributed by atoms with Gasteiger partial charge in [0, 0.05) is 34.5 Å². The van der Waals surface area contributed by atoms with Gasteiger partial charge >= 0.3 is 0 Å². The smallest absolute Gasteiger partial charge is 0.234 e. The fourth-order valence-electron chi connectivity index (χ4n) is 3.84. The molecule has 0 radical (unpaired) electrons. The predicted octanol–water partition coefficient (Wildman–Crippen LogP) is 5.31. The third kappa shape index (κ3) is 4.60. The Hall–Kier alpha value is -2.23. The molecule has 0 atom stereocenters. The number of aromatic nitrogens is 3. The van der Waals surface area contributed by atoms with Crippen LogP contribution in [0.25, 0.3) is 11.4 Å². The van der Waals surface area contributed by atoms with Crippen molar-refractivity contribution in [1.82, 2.24) is 14.8 Å². The lowest BCUT2D eigenvalue weighted by Crippen LogP contribution is -2.15. The quantitative estimate of drug-likeness (QED) is 0.429. The van der Waals surface area contributed by atoms with E-state index in [1.165, 1.54) is 54.8 Å². The molecule has 1 aliphatic rings. The van der Waals surface area contributed by atoms with E-state index in [9.17, 15) is 4.79 Å². The fraction of sp³-hybridized carbons (Fsp3) is 0.409. The van der Waals surface area contributed by atoms with Gasteiger partial charge in [0.2, 0.25) is 5.91 Å². The number of amides is 1. The van der Waals surface area contributed by atoms with Crippen LogP contribution in [-0.2, 0) is 24.2 Å². The van der Waals surface area contributed by atoms with E-state index in [1.807, 2.05) is 11.3 Å². The maximum absolute atomic E-state index is 12.6. The molecule has 1 aliphatic carbocycles. The standard InChI is InChI=1S/C22H25ClN4O3S2/c1-4-27-21(14-11-31-19-8-6-5-7-13(14)19)25-26-22(27)32-12-20(28)24-16-10-17(29-2)15(23)9-18(16)30-3/h9-11H,4-8,12H2,1-3H3,(H,24,28). The van der Waals surface area contributed by atoms with Crippen LogP contribution in [0.1, 0.15) is 30.2 Å². The van der Waals surface area contributed by atoms with Gasteiger partial charge in [0.15, 0.2) is 11.0 Å². The molecule has 1 aromatic carbocycles. The normalized spacial score (nSPS) is 13.0. The molecule has 3 aromatic rings. The van der Waals surface area contributed by atoms with Crippen molar-refractivity contribution in [3.8, 4) is 22.9 Å². The number of hydrogen-bond acceptors (Lipinski definition) is 7. The predicted molar refractivity (Wildman–Crippen MR) is 130 cm³/mol. The van der Waals surface area contributed by atoms with Gasteiger partial charge in [-0.2, -0.15) is 0 Å². The van der Waals surface area contributed by atoms with Crippen molar-refractivity contribution in [2.24, 2.45) is 0 Å². The lowest BCUT2D eigenvalue weighted by Gasteiger charge is -2.14. The van der Waals surface area contributed by atoms with E-state index in [0.717, 1.165) is 30.4 Å². The summed E-state index contributed by atoms with van der Waals surface area (Å²) in [6.07, 6.45) is 4.73. The fourth-order valence-corrected chi connectivity index (χ4v) is 5.99. The zero-order chi connectivity index (χ0) is 22.7. The number of carbonyl (C=O) groups is 1. The molecule has 7 nitrogen and oxygen atoms in total. The molecule has 0 aliphatic heterocycles. The summed E-state index contributed by atoms with van der Waals surface area (Å²) < 4.78 is 12.7. The van der Waals surface area contributed by atoms with Gasteiger partial charge in [-0.15, -0.1) is 21.5 Å². The summed E-state index contributed by atoms with van der Waals surface area (Å²) in [6, 6.07) is 3.26. The first-order valence-electron chi connectivity index (χ1n) is 10.4. The van der Waals surface area contributed by atoms with Crippen LogP contribution in [0.2, 0.25) is 5.02 Å². The first kappa shape index (κ1) is 22.9. The lowest BCUT2D eigenvalue weighted by atomic mass is 9.96. The summed E-state index contributed by atoms with van der Waals surface area (Å²) in [7, 11) is 3.05. The topological polar surface area (TPSA) is 78.3 Å². The minimum absolute atomic E-state index is 0.183. The molecule has 0 saturated carbocycles. The second-order valence-electron chi connectivity index (χ2n) is 7.33. The number of halogens is 1. The van der Waals surface area contributed by atoms with Gasteiger partial charge in [-0.25, -0.2) is 0 Å². The zero-order valence-corrected chi connectivity index (χ0v) is 20.6. The maximum Gasteiger partial charge on any atom is 0.234 e. The van der Waals surface area contributed by atoms with Crippen LogP contribution in [0, 0.1) is 0 Å². The number of anilines is 1. The molecule has 0 spiro atoms. The highest BCUT2D eigenvalue weighted by Crippen LogP contribution is 2.38. The van der Waals surface area contributed by atoms with E-state index < -0.39 is 0 Å². The van der Waals surface area contributed by atoms with Gasteiger partial charge in [0.25, 0.3) is 0 Å². The Morgan fingerprint density at radius 2 is 2.00 bits per heavy atom. The van der Waals surface area contributed by atoms with Crippen LogP contribution >= 0.6 is 34.7 Å². The third-order valence-electron chi connectivity index (χ3n) is 5.42. The van der Waals surface area contributed by atoms with Crippen LogP contribution in [0.5, 0.6) is 11.5 Å². The SMILES string of the molecule is CCn1c(SCC(=O)Nc2cc(OC)c(Cl)cc2OC)nnc1-c1csc2c1CCCC2. The number of nitrogens with zero attached hydrogens (tertiary/aromatic N) is 3. The first-order chi connectivity index (χ1) is 15.5. The van der Waals surface area contributed by atoms with Crippen molar-refractivity contribution in [2.75, 3.05) is 25.3 Å². The Morgan fingerprint density at radius 3 is 2.75 bits per heavy atom. The molecular formula is C22H25ClN4O3S2. The van der Waals surface area contributed by atoms with Crippen molar-refractivity contribution in [3.63, 3.8) is 0 Å². The largest absolute Gasteiger partial charge is 0.495 e. The Morgan fingerprint density at radius 1 is 1.22 bits per heavy atom. The maximum atomic E-state index is 12.6. The molecule has 4 rings (SSSR count). The van der Waals surface area contributed by atoms with Crippen molar-refractivity contribution in [1.29, 1.82) is 0 Å². The summed E-state index contributed by atoms with van der Waals surface area (Å²) in [5, 5.41) is 15.1. The molecule has 2 aromatic heterocycles. The molecule has 0 fully saturated rings. The molecule has 1 N–H and O–H groups in total. The Labute approximate surface area is 200 Å². The van der Waals surface area contributed by atoms with Crippen molar-refractivity contribution in [3.05, 3.63) is 33.0 Å². The highest BCUT2D eigenvalue weighted by molar-refractivity contribution is 7.99. The molecule has 2 heterocycles. The summed E-state index contributed by atoms with van der Waals surface area (Å²) in [5.41, 5.74) is 3.11. The molecule has 32 heavy (non-hydrogen) atoms. The van der Waals surface area contributed by atoms with Crippen molar-refractivity contribution >= 4 is 46.3 Å². The van der Waals surface area contributed by atoms with E-state index in [2.05, 4.69) is 32.4 Å². The number of methoxy groups -OCH3 is 2. The van der Waals surface area contributed by atoms with Gasteiger partial charge < -0.3 is 19.4 Å². The van der Waals surface area contributed by atoms with E-state index in [1.54, 1.807) is 12.1 Å². The van der Waals surface area contributed by atoms with Crippen LogP contribution in [0.4, 0.5) is 5.69 Å². The molecular weight excluding hydrogens is 468 g/mol. The number of nitrogens with one attached hydrogen (secondary N) is 1. The number of thioether (sulfide) groups is 1. The van der Waals surface area contributed by atoms with Gasteiger partial charge in [-0.3, -0.25) is 4.79 Å². The van der Waals surface area contributed by atoms with Gasteiger partial charge in [0.1, 0.15) is 11.5 Å². The number of aryl methyl sites for hydroxylation is 1. The Balaban J connectivity index is 1.48. The molecule has 1 amide bonds. The van der Waals surface area contributed by atoms with E-state index in [-0.39, 0.29) is 11.7 Å². The number of hydrogen-bond donors (Lipinski definition) is 1. The second-order valence-corrected chi connectivity index (χ2v) is 9.65. The van der Waals surface area contributed by atoms with Gasteiger partial charge in [-0.05, 0) is 38.2 Å². The summed E-state index contributed by atoms with van der Waals surface area (Å²) >= 11 is 9.32. The van der Waals surface area contributed by atoms with Gasteiger partial charge in [-0.1, -0.05) is 23.4 Å². The van der Waals surface area contributed by atoms with Crippen LogP contribution in [0.15, 0.2) is 22.7 Å². The Bertz CT molecular complexity index is 1130. The van der Waals surface area contributed by atoms with Gasteiger partial charge in [0.05, 0.1) is 30.7 Å². The van der Waals surface area contributed by atoms with Crippen LogP contribution in [-0.4, -0.2) is 40.6 Å². The number of rotatable bonds is 8. The Kier molecular flexibility index (Phi) is 7.27. The number of ether oxygens (including phenoxy) is 2. The number of fused-ring (bicyclic) bond motifs is 1. The molecule has 10 heteroatoms. The third-order valence-corrected chi connectivity index (χ3v) is 7.77. The van der Waals surface area contributed by atoms with E-state index >= 15 is 0 Å². The zero-order valence-electron chi connectivity index (χ0n) is 18.2.